The average molecular weight is 1780 g/mol. The number of nitrogens with two attached hydrogens (primary N) is 2. The van der Waals surface area contributed by atoms with E-state index in [0.717, 1.165) is 111 Å². The van der Waals surface area contributed by atoms with Crippen molar-refractivity contribution in [2.24, 2.45) is 29.2 Å². The topological polar surface area (TPSA) is 377 Å². The van der Waals surface area contributed by atoms with Crippen LogP contribution < -0.4 is 38.1 Å². The second-order valence-corrected chi connectivity index (χ2v) is 35.0. The van der Waals surface area contributed by atoms with Gasteiger partial charge in [0.1, 0.15) is 70.2 Å². The zero-order valence-corrected chi connectivity index (χ0v) is 77.9. The van der Waals surface area contributed by atoms with Crippen LogP contribution in [-0.4, -0.2) is 220 Å². The highest BCUT2D eigenvalue weighted by atomic mass is 79.9. The van der Waals surface area contributed by atoms with Crippen LogP contribution in [0.5, 0.6) is 0 Å². The molecule has 4 aromatic rings. The summed E-state index contributed by atoms with van der Waals surface area (Å²) >= 11 is 2.99. The number of alkyl halides is 1. The quantitative estimate of drug-likeness (QED) is 0.00934. The van der Waals surface area contributed by atoms with Crippen molar-refractivity contribution >= 4 is 92.1 Å². The number of nitrogens with one attached hydrogen (secondary N) is 5. The highest BCUT2D eigenvalue weighted by Crippen LogP contribution is 2.46. The third-order valence-electron chi connectivity index (χ3n) is 21.3. The van der Waals surface area contributed by atoms with Crippen molar-refractivity contribution in [3.63, 3.8) is 0 Å². The summed E-state index contributed by atoms with van der Waals surface area (Å²) in [5.74, 6) is -2.43. The molecule has 4 aromatic carbocycles. The van der Waals surface area contributed by atoms with Crippen molar-refractivity contribution in [2.45, 2.75) is 259 Å². The fourth-order valence-corrected chi connectivity index (χ4v) is 15.3. The van der Waals surface area contributed by atoms with Crippen LogP contribution in [0.25, 0.3) is 22.3 Å². The van der Waals surface area contributed by atoms with Gasteiger partial charge in [-0.15, -0.1) is 0 Å². The molecule has 123 heavy (non-hydrogen) atoms. The predicted octanol–water partition coefficient (Wildman–Crippen LogP) is 13.7. The fourth-order valence-electron chi connectivity index (χ4n) is 15.2. The maximum atomic E-state index is 13.7. The van der Waals surface area contributed by atoms with Crippen LogP contribution in [0.15, 0.2) is 97.1 Å². The smallest absolute Gasteiger partial charge is 0.407 e. The summed E-state index contributed by atoms with van der Waals surface area (Å²) in [6.45, 7) is 24.2. The van der Waals surface area contributed by atoms with Crippen molar-refractivity contribution in [1.82, 2.24) is 36.4 Å². The lowest BCUT2D eigenvalue weighted by Gasteiger charge is -2.30. The number of hydrogen-bond donors (Lipinski definition) is 7. The minimum absolute atomic E-state index is 0.0100. The predicted molar refractivity (Wildman–Crippen MR) is 488 cm³/mol. The van der Waals surface area contributed by atoms with Crippen LogP contribution in [0.1, 0.15) is 252 Å². The van der Waals surface area contributed by atoms with Gasteiger partial charge in [0.2, 0.25) is 0 Å². The van der Waals surface area contributed by atoms with Crippen LogP contribution in [0.2, 0.25) is 0 Å². The van der Waals surface area contributed by atoms with E-state index >= 15 is 0 Å². The number of hydrogen-bond acceptors (Lipinski definition) is 24. The molecule has 2 amide bonds. The van der Waals surface area contributed by atoms with Gasteiger partial charge in [0, 0.05) is 55.4 Å². The Balaban J connectivity index is 0.000000494. The number of carbonyl (C=O) groups excluding carboxylic acids is 13. The van der Waals surface area contributed by atoms with Crippen LogP contribution in [0.3, 0.4) is 0 Å². The molecule has 2 aliphatic rings. The average Bonchev–Trinajstić information content (AvgIpc) is 1.62. The van der Waals surface area contributed by atoms with Crippen LogP contribution >= 0.6 is 15.9 Å². The lowest BCUT2D eigenvalue weighted by molar-refractivity contribution is -0.156. The molecule has 0 saturated carbocycles. The number of unbranched alkanes of at least 4 members (excludes halogenated alkanes) is 6. The molecular weight excluding hydrogens is 1630 g/mol. The Morgan fingerprint density at radius 1 is 0.423 bits per heavy atom. The molecule has 0 heterocycles. The zero-order chi connectivity index (χ0) is 91.6. The molecule has 0 radical (unpaired) electrons. The second kappa shape index (κ2) is 59.5. The Morgan fingerprint density at radius 2 is 0.789 bits per heavy atom. The van der Waals surface area contributed by atoms with Gasteiger partial charge in [0.05, 0.1) is 44.3 Å². The monoisotopic (exact) mass is 1780 g/mol. The van der Waals surface area contributed by atoms with Crippen molar-refractivity contribution in [3.8, 4) is 22.3 Å². The van der Waals surface area contributed by atoms with Gasteiger partial charge in [0.25, 0.3) is 0 Å². The number of alkyl carbamates (subject to hydrolysis) is 2. The molecule has 0 bridgehead atoms. The highest BCUT2D eigenvalue weighted by Gasteiger charge is 2.35. The molecule has 0 aromatic heterocycles. The van der Waals surface area contributed by atoms with E-state index in [1.165, 1.54) is 45.7 Å². The first-order chi connectivity index (χ1) is 58.4. The molecule has 684 valence electrons. The number of carbonyl (C=O) groups is 13. The fraction of sp³-hybridized carbons (Fsp3) is 0.615. The van der Waals surface area contributed by atoms with E-state index < -0.39 is 53.7 Å². The number of benzene rings is 4. The van der Waals surface area contributed by atoms with E-state index in [1.807, 2.05) is 90.4 Å². The summed E-state index contributed by atoms with van der Waals surface area (Å²) in [6.07, 6.45) is 12.1. The van der Waals surface area contributed by atoms with Crippen molar-refractivity contribution in [2.75, 3.05) is 105 Å². The van der Waals surface area contributed by atoms with Gasteiger partial charge in [-0.25, -0.2) is 9.59 Å². The number of Topliss-reactive ketones (excluding diaryl/α,β-unsaturated/α-hetero) is 9. The van der Waals surface area contributed by atoms with Crippen LogP contribution in [-0.2, 0) is 71.7 Å². The molecule has 9 N–H and O–H groups in total. The summed E-state index contributed by atoms with van der Waals surface area (Å²) in [5, 5.41) is 15.2. The number of halogens is 1. The first kappa shape index (κ1) is 109. The maximum absolute atomic E-state index is 13.7. The molecule has 6 rings (SSSR count). The molecule has 27 heteroatoms. The molecule has 6 atom stereocenters. The molecule has 0 spiro atoms. The summed E-state index contributed by atoms with van der Waals surface area (Å²) in [4.78, 5) is 164. The molecular formula is C96H146BrN9O17. The number of ketones is 9. The number of fused-ring (bicyclic) bond motifs is 6. The minimum atomic E-state index is -0.825. The zero-order valence-electron chi connectivity index (χ0n) is 76.3. The Bertz CT molecular complexity index is 3860. The van der Waals surface area contributed by atoms with Crippen molar-refractivity contribution in [3.05, 3.63) is 119 Å². The van der Waals surface area contributed by atoms with E-state index in [-0.39, 0.29) is 139 Å². The largest absolute Gasteiger partial charge is 0.459 e. The van der Waals surface area contributed by atoms with Crippen LogP contribution in [0, 0.1) is 17.8 Å². The van der Waals surface area contributed by atoms with E-state index in [1.54, 1.807) is 37.5 Å². The van der Waals surface area contributed by atoms with Crippen molar-refractivity contribution < 1.29 is 81.3 Å². The minimum Gasteiger partial charge on any atom is -0.459 e. The Labute approximate surface area is 740 Å². The van der Waals surface area contributed by atoms with E-state index in [0.29, 0.717) is 83.8 Å². The second-order valence-electron chi connectivity index (χ2n) is 34.4. The van der Waals surface area contributed by atoms with E-state index in [2.05, 4.69) is 91.0 Å². The lowest BCUT2D eigenvalue weighted by Crippen LogP contribution is -2.46. The number of ether oxygens (including phenoxy) is 4. The summed E-state index contributed by atoms with van der Waals surface area (Å²) in [7, 11) is 5.66. The van der Waals surface area contributed by atoms with Crippen molar-refractivity contribution in [1.29, 1.82) is 0 Å². The number of amides is 2. The number of nitrogens with zero attached hydrogens (tertiary/aromatic N) is 2. The molecule has 0 aliphatic heterocycles. The normalized spacial score (nSPS) is 13.5. The van der Waals surface area contributed by atoms with Gasteiger partial charge >= 0.3 is 24.1 Å². The summed E-state index contributed by atoms with van der Waals surface area (Å²) in [5.41, 5.74) is 19.4. The standard InChI is InChI=1S/C45H51N3O6.C30H53N3O7.C15H31N3O2.C6H11BrO2/c1-30(49)31(15-11-13-25-46-2)27-43(50)42(48-45(52)54-29-41-38-22-9-5-18-34(38)35-19-6-10-23-39(35)41)24-12-14-26-47-44(51)53-28-40-36-20-7-3-16-32(36)33-17-4-8-21-37(33)40;1-22(34)18-32(21-29(39)40-30(5,6)7)16-12-10-14-27(33(19-23(2)35)20-24(3)36)28(38)17-26(25(4)37)13-9-11-15-31-8;1-12(19)13(7-4-6-10-18-2)11-15(20)14(17)8-3-5-9-16;1-6(2,3)9-5(8)4-7/h3-10,16-23,31,40-42,46H,11-15,24-29H2,1-2H3,(H,47,51)(H,48,52);26-27,31H,9-21H2,1-8H3;13-14,18H,3-11,16-17H2,1-2H3;4H2,1-3H3/t31-,42+;26-,27+;13-,14+;/m111./s1. The lowest BCUT2D eigenvalue weighted by atomic mass is 9.88. The van der Waals surface area contributed by atoms with Gasteiger partial charge in [-0.2, -0.15) is 0 Å². The number of esters is 2. The van der Waals surface area contributed by atoms with Gasteiger partial charge in [0.15, 0.2) is 11.6 Å². The Morgan fingerprint density at radius 3 is 1.17 bits per heavy atom. The summed E-state index contributed by atoms with van der Waals surface area (Å²) in [6, 6.07) is 30.7. The SMILES string of the molecule is CC(C)(C)OC(=O)CBr.CNCCCC[C@H](CC(=O)[C@@H](N)CCCCN)C(C)=O.CNCCCC[C@H](CC(=O)[C@H](CCCCN(CC(C)=O)CC(=O)OC(C)(C)C)N(CC(C)=O)CC(C)=O)C(C)=O.CNCCCC[C@H](CC(=O)[C@H](CCCCNC(=O)OCC1c2ccccc2-c2ccccc21)NC(=O)OCC1c2ccccc2-c2ccccc21)C(C)=O. The van der Waals surface area contributed by atoms with Gasteiger partial charge in [-0.1, -0.05) is 145 Å². The van der Waals surface area contributed by atoms with Crippen LogP contribution in [0.4, 0.5) is 9.59 Å². The first-order valence-electron chi connectivity index (χ1n) is 44.0. The maximum Gasteiger partial charge on any atom is 0.407 e. The molecule has 0 saturated heterocycles. The number of rotatable bonds is 56. The summed E-state index contributed by atoms with van der Waals surface area (Å²) < 4.78 is 21.7. The molecule has 0 unspecified atom stereocenters. The van der Waals surface area contributed by atoms with Gasteiger partial charge in [-0.3, -0.25) is 62.5 Å². The highest BCUT2D eigenvalue weighted by molar-refractivity contribution is 9.09. The molecule has 2 aliphatic carbocycles. The molecule has 0 fully saturated rings. The van der Waals surface area contributed by atoms with Gasteiger partial charge in [-0.05, 0) is 265 Å². The van der Waals surface area contributed by atoms with E-state index in [9.17, 15) is 62.3 Å². The van der Waals surface area contributed by atoms with Gasteiger partial charge < -0.3 is 57.0 Å². The first-order valence-corrected chi connectivity index (χ1v) is 45.1. The Hall–Kier alpha value is -8.41. The third-order valence-corrected chi connectivity index (χ3v) is 21.8. The third kappa shape index (κ3) is 43.9. The molecule has 26 nitrogen and oxygen atoms in total. The van der Waals surface area contributed by atoms with E-state index in [4.69, 9.17) is 30.4 Å². The Kier molecular flexibility index (Phi) is 52.6.